The third kappa shape index (κ3) is 5.36. The maximum atomic E-state index is 3.53. The van der Waals surface area contributed by atoms with Gasteiger partial charge in [0.15, 0.2) is 0 Å². The molecular formula is C16H27N. The van der Waals surface area contributed by atoms with Crippen LogP contribution in [0.4, 0.5) is 0 Å². The Kier molecular flexibility index (Phi) is 5.20. The molecular weight excluding hydrogens is 206 g/mol. The predicted octanol–water partition coefficient (Wildman–Crippen LogP) is 3.82. The van der Waals surface area contributed by atoms with E-state index in [4.69, 9.17) is 0 Å². The van der Waals surface area contributed by atoms with Gasteiger partial charge < -0.3 is 5.32 Å². The SMILES string of the molecule is CCc1ccc(CC(C)(C)CNC(C)C)cc1. The molecule has 1 rings (SSSR count). The van der Waals surface area contributed by atoms with Crippen molar-refractivity contribution >= 4 is 0 Å². The molecule has 1 aromatic rings. The van der Waals surface area contributed by atoms with Gasteiger partial charge in [0.1, 0.15) is 0 Å². The molecule has 0 bridgehead atoms. The summed E-state index contributed by atoms with van der Waals surface area (Å²) in [5.41, 5.74) is 3.18. The van der Waals surface area contributed by atoms with Gasteiger partial charge in [0, 0.05) is 12.6 Å². The van der Waals surface area contributed by atoms with E-state index in [9.17, 15) is 0 Å². The molecule has 0 aliphatic carbocycles. The van der Waals surface area contributed by atoms with E-state index in [0.717, 1.165) is 19.4 Å². The third-order valence-corrected chi connectivity index (χ3v) is 3.10. The summed E-state index contributed by atoms with van der Waals surface area (Å²) in [5.74, 6) is 0. The number of rotatable bonds is 6. The van der Waals surface area contributed by atoms with E-state index in [-0.39, 0.29) is 0 Å². The van der Waals surface area contributed by atoms with Crippen LogP contribution >= 0.6 is 0 Å². The van der Waals surface area contributed by atoms with Crippen LogP contribution in [-0.2, 0) is 12.8 Å². The standard InChI is InChI=1S/C16H27N/c1-6-14-7-9-15(10-8-14)11-16(4,5)12-17-13(2)3/h7-10,13,17H,6,11-12H2,1-5H3. The van der Waals surface area contributed by atoms with Crippen molar-refractivity contribution < 1.29 is 0 Å². The normalized spacial score (nSPS) is 12.1. The van der Waals surface area contributed by atoms with E-state index in [1.165, 1.54) is 11.1 Å². The van der Waals surface area contributed by atoms with Crippen LogP contribution in [-0.4, -0.2) is 12.6 Å². The smallest absolute Gasteiger partial charge is 0.00106 e. The molecule has 17 heavy (non-hydrogen) atoms. The van der Waals surface area contributed by atoms with Gasteiger partial charge in [-0.1, -0.05) is 58.9 Å². The number of hydrogen-bond donors (Lipinski definition) is 1. The van der Waals surface area contributed by atoms with Crippen molar-refractivity contribution in [2.24, 2.45) is 5.41 Å². The fraction of sp³-hybridized carbons (Fsp3) is 0.625. The zero-order chi connectivity index (χ0) is 12.9. The van der Waals surface area contributed by atoms with Gasteiger partial charge >= 0.3 is 0 Å². The zero-order valence-corrected chi connectivity index (χ0v) is 12.0. The number of nitrogens with one attached hydrogen (secondary N) is 1. The highest BCUT2D eigenvalue weighted by molar-refractivity contribution is 5.23. The second-order valence-corrected chi connectivity index (χ2v) is 6.05. The summed E-state index contributed by atoms with van der Waals surface area (Å²) in [6.07, 6.45) is 2.26. The molecule has 0 unspecified atom stereocenters. The van der Waals surface area contributed by atoms with E-state index in [2.05, 4.69) is 64.2 Å². The molecule has 0 atom stereocenters. The largest absolute Gasteiger partial charge is 0.314 e. The molecule has 0 aromatic heterocycles. The van der Waals surface area contributed by atoms with Crippen LogP contribution in [0.1, 0.15) is 45.7 Å². The zero-order valence-electron chi connectivity index (χ0n) is 12.0. The summed E-state index contributed by atoms with van der Waals surface area (Å²) in [7, 11) is 0. The quantitative estimate of drug-likeness (QED) is 0.787. The Hall–Kier alpha value is -0.820. The van der Waals surface area contributed by atoms with Crippen molar-refractivity contribution in [1.82, 2.24) is 5.32 Å². The Morgan fingerprint density at radius 3 is 2.06 bits per heavy atom. The molecule has 0 spiro atoms. The van der Waals surface area contributed by atoms with E-state index in [1.807, 2.05) is 0 Å². The van der Waals surface area contributed by atoms with E-state index in [0.29, 0.717) is 11.5 Å². The van der Waals surface area contributed by atoms with Crippen molar-refractivity contribution in [3.63, 3.8) is 0 Å². The van der Waals surface area contributed by atoms with Crippen LogP contribution in [0, 0.1) is 5.41 Å². The van der Waals surface area contributed by atoms with Crippen molar-refractivity contribution in [3.8, 4) is 0 Å². The minimum absolute atomic E-state index is 0.317. The molecule has 0 aliphatic rings. The van der Waals surface area contributed by atoms with E-state index >= 15 is 0 Å². The predicted molar refractivity (Wildman–Crippen MR) is 76.4 cm³/mol. The lowest BCUT2D eigenvalue weighted by Gasteiger charge is -2.26. The molecule has 1 aromatic carbocycles. The Labute approximate surface area is 107 Å². The van der Waals surface area contributed by atoms with Gasteiger partial charge in [0.25, 0.3) is 0 Å². The van der Waals surface area contributed by atoms with Crippen molar-refractivity contribution in [3.05, 3.63) is 35.4 Å². The minimum atomic E-state index is 0.317. The summed E-state index contributed by atoms with van der Waals surface area (Å²) in [6.45, 7) is 12.3. The van der Waals surface area contributed by atoms with Crippen LogP contribution in [0.25, 0.3) is 0 Å². The van der Waals surface area contributed by atoms with Gasteiger partial charge in [-0.25, -0.2) is 0 Å². The molecule has 0 heterocycles. The third-order valence-electron chi connectivity index (χ3n) is 3.10. The first-order valence-corrected chi connectivity index (χ1v) is 6.74. The number of benzene rings is 1. The Morgan fingerprint density at radius 1 is 1.06 bits per heavy atom. The summed E-state index contributed by atoms with van der Waals surface area (Å²) in [6, 6.07) is 9.62. The highest BCUT2D eigenvalue weighted by Crippen LogP contribution is 2.21. The topological polar surface area (TPSA) is 12.0 Å². The molecule has 0 radical (unpaired) electrons. The summed E-state index contributed by atoms with van der Waals surface area (Å²) in [5, 5.41) is 3.53. The summed E-state index contributed by atoms with van der Waals surface area (Å²) < 4.78 is 0. The minimum Gasteiger partial charge on any atom is -0.314 e. The number of hydrogen-bond acceptors (Lipinski definition) is 1. The first-order chi connectivity index (χ1) is 7.93. The summed E-state index contributed by atoms with van der Waals surface area (Å²) in [4.78, 5) is 0. The van der Waals surface area contributed by atoms with Gasteiger partial charge in [-0.2, -0.15) is 0 Å². The van der Waals surface area contributed by atoms with Crippen molar-refractivity contribution in [2.45, 2.75) is 53.5 Å². The van der Waals surface area contributed by atoms with Gasteiger partial charge in [0.2, 0.25) is 0 Å². The highest BCUT2D eigenvalue weighted by atomic mass is 14.9. The second-order valence-electron chi connectivity index (χ2n) is 6.05. The van der Waals surface area contributed by atoms with Gasteiger partial charge in [0.05, 0.1) is 0 Å². The van der Waals surface area contributed by atoms with Gasteiger partial charge in [-0.05, 0) is 29.4 Å². The Bertz CT molecular complexity index is 322. The second kappa shape index (κ2) is 6.20. The Morgan fingerprint density at radius 2 is 1.59 bits per heavy atom. The molecule has 0 saturated carbocycles. The van der Waals surface area contributed by atoms with Crippen LogP contribution in [0.5, 0.6) is 0 Å². The molecule has 0 saturated heterocycles. The fourth-order valence-corrected chi connectivity index (χ4v) is 1.99. The first kappa shape index (κ1) is 14.2. The van der Waals surface area contributed by atoms with Crippen LogP contribution in [0.3, 0.4) is 0 Å². The maximum absolute atomic E-state index is 3.53. The van der Waals surface area contributed by atoms with Crippen LogP contribution < -0.4 is 5.32 Å². The molecule has 1 N–H and O–H groups in total. The van der Waals surface area contributed by atoms with Crippen LogP contribution in [0.15, 0.2) is 24.3 Å². The Balaban J connectivity index is 2.56. The monoisotopic (exact) mass is 233 g/mol. The lowest BCUT2D eigenvalue weighted by atomic mass is 9.85. The lowest BCUT2D eigenvalue weighted by Crippen LogP contribution is -2.35. The maximum Gasteiger partial charge on any atom is 0.00106 e. The van der Waals surface area contributed by atoms with E-state index in [1.54, 1.807) is 0 Å². The summed E-state index contributed by atoms with van der Waals surface area (Å²) >= 11 is 0. The van der Waals surface area contributed by atoms with Gasteiger partial charge in [-0.15, -0.1) is 0 Å². The lowest BCUT2D eigenvalue weighted by molar-refractivity contribution is 0.326. The van der Waals surface area contributed by atoms with Crippen molar-refractivity contribution in [1.29, 1.82) is 0 Å². The molecule has 0 fully saturated rings. The highest BCUT2D eigenvalue weighted by Gasteiger charge is 2.18. The van der Waals surface area contributed by atoms with Crippen molar-refractivity contribution in [2.75, 3.05) is 6.54 Å². The van der Waals surface area contributed by atoms with Crippen LogP contribution in [0.2, 0.25) is 0 Å². The van der Waals surface area contributed by atoms with Gasteiger partial charge in [-0.3, -0.25) is 0 Å². The molecule has 0 aliphatic heterocycles. The molecule has 0 amide bonds. The van der Waals surface area contributed by atoms with E-state index < -0.39 is 0 Å². The molecule has 96 valence electrons. The average Bonchev–Trinajstić information content (AvgIpc) is 2.27. The molecule has 1 nitrogen and oxygen atoms in total. The fourth-order valence-electron chi connectivity index (χ4n) is 1.99. The average molecular weight is 233 g/mol. The molecule has 1 heteroatoms. The number of aryl methyl sites for hydroxylation is 1. The first-order valence-electron chi connectivity index (χ1n) is 6.74.